The van der Waals surface area contributed by atoms with Gasteiger partial charge >= 0.3 is 5.97 Å². The lowest BCUT2D eigenvalue weighted by Crippen LogP contribution is -2.51. The first-order valence-electron chi connectivity index (χ1n) is 11.8. The van der Waals surface area contributed by atoms with Gasteiger partial charge in [-0.05, 0) is 86.3 Å². The van der Waals surface area contributed by atoms with Crippen LogP contribution in [-0.2, 0) is 9.53 Å². The van der Waals surface area contributed by atoms with Crippen LogP contribution in [0, 0.1) is 39.9 Å². The van der Waals surface area contributed by atoms with E-state index in [4.69, 9.17) is 4.74 Å². The van der Waals surface area contributed by atoms with Gasteiger partial charge in [-0.3, -0.25) is 4.79 Å². The van der Waals surface area contributed by atoms with Gasteiger partial charge in [-0.2, -0.15) is 5.26 Å². The second kappa shape index (κ2) is 7.33. The SMILES string of the molecule is C[C@]12CC[C@H]3[C@@H](CCC4=CC(=O)CC[C@@]43C)[C@@H]1CC[C@@H]2OC(=O)c1ccccc1C#N. The maximum atomic E-state index is 12.9. The van der Waals surface area contributed by atoms with E-state index in [1.807, 2.05) is 6.08 Å². The molecule has 0 saturated heterocycles. The molecule has 5 rings (SSSR count). The van der Waals surface area contributed by atoms with Gasteiger partial charge in [0.05, 0.1) is 11.1 Å². The van der Waals surface area contributed by atoms with Crippen LogP contribution < -0.4 is 0 Å². The van der Waals surface area contributed by atoms with E-state index in [0.29, 0.717) is 41.1 Å². The lowest BCUT2D eigenvalue weighted by atomic mass is 9.47. The summed E-state index contributed by atoms with van der Waals surface area (Å²) in [6, 6.07) is 9.02. The van der Waals surface area contributed by atoms with Crippen molar-refractivity contribution in [2.45, 2.75) is 71.3 Å². The van der Waals surface area contributed by atoms with Crippen molar-refractivity contribution in [2.75, 3.05) is 0 Å². The molecule has 0 N–H and O–H groups in total. The second-order valence-electron chi connectivity index (χ2n) is 10.6. The van der Waals surface area contributed by atoms with Crippen LogP contribution in [0.2, 0.25) is 0 Å². The van der Waals surface area contributed by atoms with Crippen LogP contribution in [0.1, 0.15) is 81.1 Å². The van der Waals surface area contributed by atoms with Crippen LogP contribution in [0.4, 0.5) is 0 Å². The zero-order valence-corrected chi connectivity index (χ0v) is 18.5. The summed E-state index contributed by atoms with van der Waals surface area (Å²) in [6.45, 7) is 4.73. The molecule has 0 aromatic heterocycles. The van der Waals surface area contributed by atoms with Crippen molar-refractivity contribution in [1.29, 1.82) is 5.26 Å². The summed E-state index contributed by atoms with van der Waals surface area (Å²) in [6.07, 6.45) is 9.94. The maximum absolute atomic E-state index is 12.9. The summed E-state index contributed by atoms with van der Waals surface area (Å²) < 4.78 is 6.09. The third kappa shape index (κ3) is 3.08. The zero-order valence-electron chi connectivity index (χ0n) is 18.5. The number of carbonyl (C=O) groups is 2. The summed E-state index contributed by atoms with van der Waals surface area (Å²) >= 11 is 0. The van der Waals surface area contributed by atoms with Gasteiger partial charge < -0.3 is 4.74 Å². The van der Waals surface area contributed by atoms with E-state index >= 15 is 0 Å². The number of fused-ring (bicyclic) bond motifs is 5. The highest BCUT2D eigenvalue weighted by atomic mass is 16.5. The maximum Gasteiger partial charge on any atom is 0.339 e. The first-order chi connectivity index (χ1) is 14.9. The largest absolute Gasteiger partial charge is 0.458 e. The number of benzene rings is 1. The number of esters is 1. The molecule has 1 aromatic carbocycles. The van der Waals surface area contributed by atoms with Gasteiger partial charge in [0, 0.05) is 11.8 Å². The van der Waals surface area contributed by atoms with Crippen molar-refractivity contribution in [3.05, 3.63) is 47.0 Å². The van der Waals surface area contributed by atoms with Gasteiger partial charge in [0.25, 0.3) is 0 Å². The minimum Gasteiger partial charge on any atom is -0.458 e. The number of allylic oxidation sites excluding steroid dienone is 1. The van der Waals surface area contributed by atoms with Crippen LogP contribution in [0.3, 0.4) is 0 Å². The monoisotopic (exact) mass is 417 g/mol. The van der Waals surface area contributed by atoms with Gasteiger partial charge in [0.15, 0.2) is 5.78 Å². The molecule has 0 spiro atoms. The quantitative estimate of drug-likeness (QED) is 0.586. The Balaban J connectivity index is 1.37. The third-order valence-electron chi connectivity index (χ3n) is 9.39. The highest BCUT2D eigenvalue weighted by Gasteiger charge is 2.60. The molecule has 4 aliphatic carbocycles. The predicted molar refractivity (Wildman–Crippen MR) is 117 cm³/mol. The van der Waals surface area contributed by atoms with Crippen molar-refractivity contribution in [3.63, 3.8) is 0 Å². The van der Waals surface area contributed by atoms with Gasteiger partial charge in [-0.15, -0.1) is 0 Å². The fraction of sp³-hybridized carbons (Fsp3) is 0.593. The summed E-state index contributed by atoms with van der Waals surface area (Å²) in [4.78, 5) is 25.0. The average Bonchev–Trinajstić information content (AvgIpc) is 3.10. The molecule has 0 unspecified atom stereocenters. The number of ketones is 1. The smallest absolute Gasteiger partial charge is 0.339 e. The first kappa shape index (κ1) is 20.5. The number of ether oxygens (including phenoxy) is 1. The molecule has 0 bridgehead atoms. The fourth-order valence-corrected chi connectivity index (χ4v) is 7.66. The van der Waals surface area contributed by atoms with Crippen molar-refractivity contribution < 1.29 is 14.3 Å². The number of hydrogen-bond acceptors (Lipinski definition) is 4. The Labute approximate surface area is 184 Å². The number of nitrogens with zero attached hydrogens (tertiary/aromatic N) is 1. The third-order valence-corrected chi connectivity index (χ3v) is 9.39. The molecular formula is C27H31NO3. The molecule has 4 heteroatoms. The van der Waals surface area contributed by atoms with E-state index in [9.17, 15) is 14.9 Å². The molecule has 3 saturated carbocycles. The highest BCUT2D eigenvalue weighted by molar-refractivity contribution is 5.92. The molecular weight excluding hydrogens is 386 g/mol. The Kier molecular flexibility index (Phi) is 4.84. The van der Waals surface area contributed by atoms with Gasteiger partial charge in [-0.1, -0.05) is 31.6 Å². The minimum absolute atomic E-state index is 0.000474. The molecule has 0 heterocycles. The summed E-state index contributed by atoms with van der Waals surface area (Å²) in [5.41, 5.74) is 2.31. The summed E-state index contributed by atoms with van der Waals surface area (Å²) in [7, 11) is 0. The average molecular weight is 418 g/mol. The Bertz CT molecular complexity index is 1000. The molecule has 1 aromatic rings. The van der Waals surface area contributed by atoms with E-state index in [-0.39, 0.29) is 22.9 Å². The fourth-order valence-electron chi connectivity index (χ4n) is 7.66. The van der Waals surface area contributed by atoms with Crippen molar-refractivity contribution >= 4 is 11.8 Å². The zero-order chi connectivity index (χ0) is 21.8. The van der Waals surface area contributed by atoms with E-state index in [1.54, 1.807) is 24.3 Å². The minimum atomic E-state index is -0.363. The molecule has 4 aliphatic rings. The molecule has 6 atom stereocenters. The van der Waals surface area contributed by atoms with E-state index < -0.39 is 0 Å². The van der Waals surface area contributed by atoms with Gasteiger partial charge in [0.1, 0.15) is 12.2 Å². The lowest BCUT2D eigenvalue weighted by molar-refractivity contribution is -0.118. The second-order valence-corrected chi connectivity index (χ2v) is 10.6. The highest BCUT2D eigenvalue weighted by Crippen LogP contribution is 2.65. The number of hydrogen-bond donors (Lipinski definition) is 0. The molecule has 162 valence electrons. The van der Waals surface area contributed by atoms with Crippen molar-refractivity contribution in [2.24, 2.45) is 28.6 Å². The molecule has 0 amide bonds. The summed E-state index contributed by atoms with van der Waals surface area (Å²) in [5.74, 6) is 1.78. The Morgan fingerprint density at radius 1 is 1.06 bits per heavy atom. The van der Waals surface area contributed by atoms with Crippen LogP contribution in [0.15, 0.2) is 35.9 Å². The number of nitriles is 1. The molecule has 4 nitrogen and oxygen atoms in total. The van der Waals surface area contributed by atoms with Crippen LogP contribution in [0.5, 0.6) is 0 Å². The van der Waals surface area contributed by atoms with Crippen LogP contribution in [-0.4, -0.2) is 17.9 Å². The van der Waals surface area contributed by atoms with Crippen molar-refractivity contribution in [3.8, 4) is 6.07 Å². The molecule has 31 heavy (non-hydrogen) atoms. The van der Waals surface area contributed by atoms with Crippen LogP contribution in [0.25, 0.3) is 0 Å². The number of rotatable bonds is 2. The predicted octanol–water partition coefficient (Wildman–Crippen LogP) is 5.62. The summed E-state index contributed by atoms with van der Waals surface area (Å²) in [5, 5.41) is 9.35. The lowest BCUT2D eigenvalue weighted by Gasteiger charge is -2.57. The normalized spacial score (nSPS) is 38.9. The topological polar surface area (TPSA) is 67.2 Å². The van der Waals surface area contributed by atoms with Gasteiger partial charge in [-0.25, -0.2) is 4.79 Å². The van der Waals surface area contributed by atoms with Gasteiger partial charge in [0.2, 0.25) is 0 Å². The Hall–Kier alpha value is -2.41. The van der Waals surface area contributed by atoms with E-state index in [2.05, 4.69) is 19.9 Å². The van der Waals surface area contributed by atoms with Crippen molar-refractivity contribution in [1.82, 2.24) is 0 Å². The first-order valence-corrected chi connectivity index (χ1v) is 11.8. The standard InChI is InChI=1S/C27H31NO3/c1-26-13-11-19(29)15-18(26)7-8-21-22-9-10-24(27(22,2)14-12-23(21)26)31-25(30)20-6-4-3-5-17(20)16-28/h3-6,15,21-24H,7-14H2,1-2H3/t21-,22-,23-,24-,26-,27-/m0/s1. The molecule has 0 radical (unpaired) electrons. The van der Waals surface area contributed by atoms with E-state index in [0.717, 1.165) is 44.9 Å². The Morgan fingerprint density at radius 3 is 2.68 bits per heavy atom. The molecule has 3 fully saturated rings. The van der Waals surface area contributed by atoms with Crippen LogP contribution >= 0.6 is 0 Å². The Morgan fingerprint density at radius 2 is 1.87 bits per heavy atom. The molecule has 0 aliphatic heterocycles. The number of carbonyl (C=O) groups excluding carboxylic acids is 2. The van der Waals surface area contributed by atoms with E-state index in [1.165, 1.54) is 5.57 Å².